The smallest absolute Gasteiger partial charge is 0.222 e. The Morgan fingerprint density at radius 3 is 2.23 bits per heavy atom. The van der Waals surface area contributed by atoms with Crippen molar-refractivity contribution in [3.63, 3.8) is 0 Å². The van der Waals surface area contributed by atoms with Crippen LogP contribution in [0.5, 0.6) is 0 Å². The molecule has 0 spiro atoms. The molecule has 2 fully saturated rings. The second kappa shape index (κ2) is 9.96. The summed E-state index contributed by atoms with van der Waals surface area (Å²) in [7, 11) is 1.98. The van der Waals surface area contributed by atoms with Crippen LogP contribution < -0.4 is 5.73 Å². The fourth-order valence-corrected chi connectivity index (χ4v) is 3.68. The molecule has 1 saturated carbocycles. The third-order valence-electron chi connectivity index (χ3n) is 5.33. The van der Waals surface area contributed by atoms with E-state index < -0.39 is 0 Å². The molecule has 0 aromatic rings. The number of nitrogens with two attached hydrogens (primary N) is 1. The molecule has 0 unspecified atom stereocenters. The Morgan fingerprint density at radius 2 is 1.77 bits per heavy atom. The Kier molecular flexibility index (Phi) is 9.95. The lowest BCUT2D eigenvalue weighted by Gasteiger charge is -2.38. The predicted molar refractivity (Wildman–Crippen MR) is 96.9 cm³/mol. The minimum atomic E-state index is 0. The fourth-order valence-electron chi connectivity index (χ4n) is 3.68. The van der Waals surface area contributed by atoms with Crippen LogP contribution in [0.15, 0.2) is 0 Å². The third-order valence-corrected chi connectivity index (χ3v) is 5.33. The summed E-state index contributed by atoms with van der Waals surface area (Å²) in [5.74, 6) is 0.719. The van der Waals surface area contributed by atoms with Gasteiger partial charge in [-0.3, -0.25) is 4.79 Å². The molecule has 1 amide bonds. The van der Waals surface area contributed by atoms with Crippen molar-refractivity contribution < 1.29 is 4.79 Å². The molecule has 0 bridgehead atoms. The normalized spacial score (nSPS) is 26.4. The van der Waals surface area contributed by atoms with E-state index in [9.17, 15) is 4.79 Å². The molecule has 4 nitrogen and oxygen atoms in total. The average Bonchev–Trinajstić information content (AvgIpc) is 2.83. The van der Waals surface area contributed by atoms with Gasteiger partial charge in [0.15, 0.2) is 0 Å². The molecule has 22 heavy (non-hydrogen) atoms. The highest BCUT2D eigenvalue weighted by Gasteiger charge is 2.30. The molecule has 1 aliphatic carbocycles. The Hall–Kier alpha value is -0.0300. The molecule has 0 radical (unpaired) electrons. The van der Waals surface area contributed by atoms with Crippen LogP contribution in [0.1, 0.15) is 52.4 Å². The van der Waals surface area contributed by atoms with Gasteiger partial charge in [-0.1, -0.05) is 6.42 Å². The zero-order valence-corrected chi connectivity index (χ0v) is 15.8. The average molecular weight is 354 g/mol. The lowest BCUT2D eigenvalue weighted by molar-refractivity contribution is -0.134. The van der Waals surface area contributed by atoms with Crippen molar-refractivity contribution in [1.29, 1.82) is 0 Å². The highest BCUT2D eigenvalue weighted by atomic mass is 35.5. The van der Waals surface area contributed by atoms with Gasteiger partial charge in [0.2, 0.25) is 5.91 Å². The monoisotopic (exact) mass is 353 g/mol. The number of carbonyl (C=O) groups excluding carboxylic acids is 1. The number of amides is 1. The van der Waals surface area contributed by atoms with E-state index in [1.807, 2.05) is 11.9 Å². The van der Waals surface area contributed by atoms with Gasteiger partial charge in [-0.25, -0.2) is 0 Å². The van der Waals surface area contributed by atoms with Crippen molar-refractivity contribution in [2.45, 2.75) is 70.5 Å². The standard InChI is InChI=1S/C16H31N3O.2ClH/c1-12(2)19-9-7-14(8-10-19)18(3)16(20)11-13-5-4-6-15(13)17;;/h12-15H,4-11,17H2,1-3H3;2*1H/t13-,15+;;/m0../s1. The molecular weight excluding hydrogens is 321 g/mol. The van der Waals surface area contributed by atoms with Crippen LogP contribution in [0.4, 0.5) is 0 Å². The summed E-state index contributed by atoms with van der Waals surface area (Å²) < 4.78 is 0. The van der Waals surface area contributed by atoms with Gasteiger partial charge < -0.3 is 15.5 Å². The van der Waals surface area contributed by atoms with Crippen molar-refractivity contribution in [3.8, 4) is 0 Å². The van der Waals surface area contributed by atoms with Gasteiger partial charge in [0.05, 0.1) is 0 Å². The van der Waals surface area contributed by atoms with Crippen LogP contribution in [0.3, 0.4) is 0 Å². The Labute approximate surface area is 148 Å². The molecule has 6 heteroatoms. The topological polar surface area (TPSA) is 49.6 Å². The molecule has 1 saturated heterocycles. The quantitative estimate of drug-likeness (QED) is 0.845. The highest BCUT2D eigenvalue weighted by Crippen LogP contribution is 2.28. The molecule has 1 heterocycles. The SMILES string of the molecule is CC(C)N1CCC(N(C)C(=O)C[C@@H]2CCC[C@H]2N)CC1.Cl.Cl. The lowest BCUT2D eigenvalue weighted by Crippen LogP contribution is -2.47. The number of hydrogen-bond acceptors (Lipinski definition) is 3. The Balaban J connectivity index is 0.00000220. The minimum Gasteiger partial charge on any atom is -0.343 e. The largest absolute Gasteiger partial charge is 0.343 e. The number of nitrogens with zero attached hydrogens (tertiary/aromatic N) is 2. The zero-order valence-electron chi connectivity index (χ0n) is 14.2. The number of halogens is 2. The van der Waals surface area contributed by atoms with E-state index in [1.165, 1.54) is 6.42 Å². The van der Waals surface area contributed by atoms with Crippen molar-refractivity contribution in [2.24, 2.45) is 11.7 Å². The van der Waals surface area contributed by atoms with Gasteiger partial charge >= 0.3 is 0 Å². The molecule has 1 aliphatic heterocycles. The number of hydrogen-bond donors (Lipinski definition) is 1. The molecule has 2 aliphatic rings. The predicted octanol–water partition coefficient (Wildman–Crippen LogP) is 2.68. The van der Waals surface area contributed by atoms with Crippen LogP contribution in [0, 0.1) is 5.92 Å². The first-order valence-corrected chi connectivity index (χ1v) is 8.24. The van der Waals surface area contributed by atoms with Gasteiger partial charge in [-0.2, -0.15) is 0 Å². The number of likely N-dealkylation sites (tertiary alicyclic amines) is 1. The van der Waals surface area contributed by atoms with Gasteiger partial charge in [0, 0.05) is 44.7 Å². The lowest BCUT2D eigenvalue weighted by atomic mass is 9.97. The molecule has 2 N–H and O–H groups in total. The Bertz CT molecular complexity index is 333. The van der Waals surface area contributed by atoms with E-state index in [2.05, 4.69) is 18.7 Å². The summed E-state index contributed by atoms with van der Waals surface area (Å²) >= 11 is 0. The molecular formula is C16H33Cl2N3O. The van der Waals surface area contributed by atoms with E-state index in [0.717, 1.165) is 38.8 Å². The van der Waals surface area contributed by atoms with Gasteiger partial charge in [-0.15, -0.1) is 24.8 Å². The maximum atomic E-state index is 12.4. The zero-order chi connectivity index (χ0) is 14.7. The van der Waals surface area contributed by atoms with Crippen molar-refractivity contribution in [3.05, 3.63) is 0 Å². The summed E-state index contributed by atoms with van der Waals surface area (Å²) in [5, 5.41) is 0. The van der Waals surface area contributed by atoms with Crippen LogP contribution in [0.2, 0.25) is 0 Å². The maximum absolute atomic E-state index is 12.4. The number of rotatable bonds is 4. The summed E-state index contributed by atoms with van der Waals surface area (Å²) in [6.45, 7) is 6.72. The summed E-state index contributed by atoms with van der Waals surface area (Å²) in [4.78, 5) is 16.9. The van der Waals surface area contributed by atoms with Gasteiger partial charge in [0.1, 0.15) is 0 Å². The summed E-state index contributed by atoms with van der Waals surface area (Å²) in [5.41, 5.74) is 6.08. The highest BCUT2D eigenvalue weighted by molar-refractivity contribution is 5.85. The third kappa shape index (κ3) is 5.55. The van der Waals surface area contributed by atoms with Crippen LogP contribution in [-0.4, -0.2) is 54.0 Å². The maximum Gasteiger partial charge on any atom is 0.222 e. The molecule has 0 aromatic heterocycles. The summed E-state index contributed by atoms with van der Waals surface area (Å²) in [6, 6.07) is 1.29. The van der Waals surface area contributed by atoms with Crippen molar-refractivity contribution in [2.75, 3.05) is 20.1 Å². The molecule has 0 aromatic carbocycles. The first kappa shape index (κ1) is 22.0. The first-order valence-electron chi connectivity index (χ1n) is 8.24. The Morgan fingerprint density at radius 1 is 1.18 bits per heavy atom. The van der Waals surface area contributed by atoms with E-state index in [0.29, 0.717) is 30.3 Å². The number of carbonyl (C=O) groups is 1. The minimum absolute atomic E-state index is 0. The van der Waals surface area contributed by atoms with Crippen LogP contribution in [0.25, 0.3) is 0 Å². The molecule has 2 rings (SSSR count). The van der Waals surface area contributed by atoms with E-state index in [4.69, 9.17) is 5.73 Å². The molecule has 2 atom stereocenters. The van der Waals surface area contributed by atoms with Crippen molar-refractivity contribution >= 4 is 30.7 Å². The van der Waals surface area contributed by atoms with E-state index >= 15 is 0 Å². The summed E-state index contributed by atoms with van der Waals surface area (Å²) in [6.07, 6.45) is 6.28. The van der Waals surface area contributed by atoms with Crippen LogP contribution >= 0.6 is 24.8 Å². The second-order valence-electron chi connectivity index (χ2n) is 6.92. The fraction of sp³-hybridized carbons (Fsp3) is 0.938. The second-order valence-corrected chi connectivity index (χ2v) is 6.92. The first-order chi connectivity index (χ1) is 9.49. The van der Waals surface area contributed by atoms with E-state index in [-0.39, 0.29) is 30.9 Å². The van der Waals surface area contributed by atoms with Crippen LogP contribution in [-0.2, 0) is 4.79 Å². The van der Waals surface area contributed by atoms with Gasteiger partial charge in [0.25, 0.3) is 0 Å². The molecule has 132 valence electrons. The number of piperidine rings is 1. The van der Waals surface area contributed by atoms with Gasteiger partial charge in [-0.05, 0) is 45.4 Å². The van der Waals surface area contributed by atoms with E-state index in [1.54, 1.807) is 0 Å². The van der Waals surface area contributed by atoms with Crippen molar-refractivity contribution in [1.82, 2.24) is 9.80 Å².